The van der Waals surface area contributed by atoms with Crippen LogP contribution in [0.3, 0.4) is 0 Å². The van der Waals surface area contributed by atoms with Crippen LogP contribution in [-0.4, -0.2) is 54.4 Å². The molecule has 176 valence electrons. The molecule has 0 aromatic heterocycles. The van der Waals surface area contributed by atoms with Gasteiger partial charge >= 0.3 is 6.09 Å². The van der Waals surface area contributed by atoms with Crippen LogP contribution < -0.4 is 16.0 Å². The van der Waals surface area contributed by atoms with Gasteiger partial charge < -0.3 is 25.6 Å². The highest BCUT2D eigenvalue weighted by molar-refractivity contribution is 5.96. The molecular weight excluding hydrogens is 412 g/mol. The van der Waals surface area contributed by atoms with Gasteiger partial charge in [-0.15, -0.1) is 0 Å². The molecule has 1 heterocycles. The first-order valence-electron chi connectivity index (χ1n) is 11.2. The maximum absolute atomic E-state index is 12.4. The van der Waals surface area contributed by atoms with E-state index >= 15 is 0 Å². The first-order chi connectivity index (χ1) is 15.3. The van der Waals surface area contributed by atoms with Gasteiger partial charge in [0.2, 0.25) is 17.7 Å². The first kappa shape index (κ1) is 25.2. The summed E-state index contributed by atoms with van der Waals surface area (Å²) in [7, 11) is 0. The van der Waals surface area contributed by atoms with Crippen molar-refractivity contribution < 1.29 is 23.9 Å². The lowest BCUT2D eigenvalue weighted by Crippen LogP contribution is -2.50. The molecule has 9 nitrogen and oxygen atoms in total. The van der Waals surface area contributed by atoms with Crippen molar-refractivity contribution in [1.29, 1.82) is 0 Å². The molecule has 3 N–H and O–H groups in total. The first-order valence-corrected chi connectivity index (χ1v) is 11.2. The van der Waals surface area contributed by atoms with Crippen molar-refractivity contribution in [2.24, 2.45) is 5.92 Å². The highest BCUT2D eigenvalue weighted by atomic mass is 16.6. The number of hydrogen-bond donors (Lipinski definition) is 3. The van der Waals surface area contributed by atoms with Crippen LogP contribution in [0.1, 0.15) is 52.0 Å². The van der Waals surface area contributed by atoms with E-state index in [2.05, 4.69) is 16.0 Å². The van der Waals surface area contributed by atoms with Crippen LogP contribution in [0.15, 0.2) is 24.3 Å². The van der Waals surface area contributed by atoms with Gasteiger partial charge in [-0.25, -0.2) is 4.79 Å². The number of likely N-dealkylation sites (tertiary alicyclic amines) is 1. The molecule has 32 heavy (non-hydrogen) atoms. The lowest BCUT2D eigenvalue weighted by Gasteiger charge is -2.21. The fourth-order valence-electron chi connectivity index (χ4n) is 3.31. The third kappa shape index (κ3) is 8.20. The molecule has 1 atom stereocenters. The van der Waals surface area contributed by atoms with E-state index in [0.29, 0.717) is 18.5 Å². The number of amides is 4. The Morgan fingerprint density at radius 2 is 1.69 bits per heavy atom. The van der Waals surface area contributed by atoms with E-state index in [4.69, 9.17) is 4.74 Å². The van der Waals surface area contributed by atoms with Gasteiger partial charge in [0.1, 0.15) is 12.6 Å². The predicted molar refractivity (Wildman–Crippen MR) is 121 cm³/mol. The summed E-state index contributed by atoms with van der Waals surface area (Å²) >= 11 is 0. The molecule has 2 rings (SSSR count). The summed E-state index contributed by atoms with van der Waals surface area (Å²) in [5.41, 5.74) is 1.38. The van der Waals surface area contributed by atoms with Crippen molar-refractivity contribution in [3.63, 3.8) is 0 Å². The lowest BCUT2D eigenvalue weighted by molar-refractivity contribution is -0.130. The van der Waals surface area contributed by atoms with E-state index < -0.39 is 11.9 Å². The molecule has 0 bridgehead atoms. The monoisotopic (exact) mass is 446 g/mol. The summed E-state index contributed by atoms with van der Waals surface area (Å²) in [6.07, 6.45) is 2.76. The Morgan fingerprint density at radius 3 is 2.28 bits per heavy atom. The number of benzene rings is 1. The minimum atomic E-state index is -0.690. The Labute approximate surface area is 189 Å². The Kier molecular flexibility index (Phi) is 9.97. The predicted octanol–water partition coefficient (Wildman–Crippen LogP) is 2.41. The quantitative estimate of drug-likeness (QED) is 0.510. The van der Waals surface area contributed by atoms with Crippen LogP contribution in [0.5, 0.6) is 0 Å². The van der Waals surface area contributed by atoms with E-state index in [0.717, 1.165) is 31.5 Å². The van der Waals surface area contributed by atoms with E-state index in [-0.39, 0.29) is 37.0 Å². The summed E-state index contributed by atoms with van der Waals surface area (Å²) in [4.78, 5) is 50.0. The number of carbonyl (C=O) groups excluding carboxylic acids is 4. The molecule has 0 radical (unpaired) electrons. The average molecular weight is 447 g/mol. The molecule has 0 saturated carbocycles. The van der Waals surface area contributed by atoms with Crippen LogP contribution in [0.25, 0.3) is 0 Å². The lowest BCUT2D eigenvalue weighted by atomic mass is 10.0. The van der Waals surface area contributed by atoms with E-state index in [9.17, 15) is 19.2 Å². The number of carbonyl (C=O) groups is 4. The smallest absolute Gasteiger partial charge is 0.410 e. The van der Waals surface area contributed by atoms with Crippen molar-refractivity contribution in [2.45, 2.75) is 59.1 Å². The molecule has 0 aliphatic carbocycles. The molecule has 0 spiro atoms. The van der Waals surface area contributed by atoms with Gasteiger partial charge in [0.15, 0.2) is 0 Å². The maximum Gasteiger partial charge on any atom is 0.410 e. The van der Waals surface area contributed by atoms with Crippen molar-refractivity contribution in [3.05, 3.63) is 29.8 Å². The molecule has 1 aliphatic rings. The number of nitrogens with zero attached hydrogens (tertiary/aromatic N) is 1. The molecule has 1 fully saturated rings. The van der Waals surface area contributed by atoms with Gasteiger partial charge in [0, 0.05) is 25.2 Å². The van der Waals surface area contributed by atoms with Gasteiger partial charge in [0.05, 0.1) is 6.54 Å². The molecule has 1 unspecified atom stereocenters. The third-order valence-electron chi connectivity index (χ3n) is 5.13. The zero-order valence-electron chi connectivity index (χ0n) is 19.1. The topological polar surface area (TPSA) is 117 Å². The molecular formula is C23H34N4O5. The molecule has 1 aromatic carbocycles. The van der Waals surface area contributed by atoms with Crippen molar-refractivity contribution in [1.82, 2.24) is 15.5 Å². The summed E-state index contributed by atoms with van der Waals surface area (Å²) in [5.74, 6) is -1.06. The Balaban J connectivity index is 1.76. The number of rotatable bonds is 10. The normalized spacial score (nSPS) is 14.1. The van der Waals surface area contributed by atoms with Crippen LogP contribution >= 0.6 is 0 Å². The highest BCUT2D eigenvalue weighted by Gasteiger charge is 2.24. The Morgan fingerprint density at radius 1 is 1.03 bits per heavy atom. The molecule has 4 amide bonds. The standard InChI is InChI=1S/C23H34N4O5/c1-4-7-19(28)26-21(16(2)3)22(30)24-14-20(29)25-18-10-8-17(9-11-18)15-32-23(31)27-12-5-6-13-27/h8-11,16,21H,4-7,12-15H2,1-3H3,(H,24,30)(H,25,29)(H,26,28). The second-order valence-corrected chi connectivity index (χ2v) is 8.25. The van der Waals surface area contributed by atoms with Gasteiger partial charge in [-0.05, 0) is 42.9 Å². The number of anilines is 1. The summed E-state index contributed by atoms with van der Waals surface area (Å²) in [6, 6.07) is 6.26. The third-order valence-corrected chi connectivity index (χ3v) is 5.13. The zero-order chi connectivity index (χ0) is 23.5. The summed E-state index contributed by atoms with van der Waals surface area (Å²) in [5, 5.41) is 7.99. The number of hydrogen-bond acceptors (Lipinski definition) is 5. The Hall–Kier alpha value is -3.10. The fourth-order valence-corrected chi connectivity index (χ4v) is 3.31. The van der Waals surface area contributed by atoms with E-state index in [1.165, 1.54) is 0 Å². The van der Waals surface area contributed by atoms with Gasteiger partial charge in [-0.3, -0.25) is 14.4 Å². The van der Waals surface area contributed by atoms with Crippen molar-refractivity contribution in [2.75, 3.05) is 25.0 Å². The fraction of sp³-hybridized carbons (Fsp3) is 0.565. The SMILES string of the molecule is CCCC(=O)NC(C(=O)NCC(=O)Nc1ccc(COC(=O)N2CCCC2)cc1)C(C)C. The summed E-state index contributed by atoms with van der Waals surface area (Å²) in [6.45, 7) is 7.00. The zero-order valence-corrected chi connectivity index (χ0v) is 19.1. The maximum atomic E-state index is 12.4. The largest absolute Gasteiger partial charge is 0.445 e. The van der Waals surface area contributed by atoms with Crippen LogP contribution in [0.2, 0.25) is 0 Å². The van der Waals surface area contributed by atoms with E-state index in [1.807, 2.05) is 20.8 Å². The van der Waals surface area contributed by atoms with Gasteiger partial charge in [-0.2, -0.15) is 0 Å². The minimum Gasteiger partial charge on any atom is -0.445 e. The molecule has 1 aliphatic heterocycles. The second kappa shape index (κ2) is 12.7. The molecule has 1 saturated heterocycles. The van der Waals surface area contributed by atoms with Crippen LogP contribution in [0.4, 0.5) is 10.5 Å². The number of nitrogens with one attached hydrogen (secondary N) is 3. The molecule has 1 aromatic rings. The van der Waals surface area contributed by atoms with Crippen LogP contribution in [0, 0.1) is 5.92 Å². The van der Waals surface area contributed by atoms with E-state index in [1.54, 1.807) is 29.2 Å². The van der Waals surface area contributed by atoms with Crippen molar-refractivity contribution >= 4 is 29.5 Å². The summed E-state index contributed by atoms with van der Waals surface area (Å²) < 4.78 is 5.30. The van der Waals surface area contributed by atoms with Crippen LogP contribution in [-0.2, 0) is 25.7 Å². The minimum absolute atomic E-state index is 0.106. The Bertz CT molecular complexity index is 788. The average Bonchev–Trinajstić information content (AvgIpc) is 3.30. The van der Waals surface area contributed by atoms with Gasteiger partial charge in [0.25, 0.3) is 0 Å². The number of ether oxygens (including phenoxy) is 1. The highest BCUT2D eigenvalue weighted by Crippen LogP contribution is 2.13. The molecule has 9 heteroatoms. The van der Waals surface area contributed by atoms with Crippen molar-refractivity contribution in [3.8, 4) is 0 Å². The second-order valence-electron chi connectivity index (χ2n) is 8.25. The van der Waals surface area contributed by atoms with Gasteiger partial charge in [-0.1, -0.05) is 32.9 Å².